The monoisotopic (exact) mass is 717 g/mol. The molecule has 0 radical (unpaired) electrons. The molecule has 0 bridgehead atoms. The van der Waals surface area contributed by atoms with Gasteiger partial charge in [0.1, 0.15) is 18.8 Å². The summed E-state index contributed by atoms with van der Waals surface area (Å²) >= 11 is 0. The van der Waals surface area contributed by atoms with E-state index < -0.39 is 13.3 Å². The summed E-state index contributed by atoms with van der Waals surface area (Å²) in [7, 11) is -2.78. The number of hydrogen-bond acceptors (Lipinski definition) is 4. The fraction of sp³-hybridized carbons (Fsp3) is 0.0612. The molecule has 4 nitrogen and oxygen atoms in total. The molecule has 7 aromatic rings. The van der Waals surface area contributed by atoms with Gasteiger partial charge in [-0.1, -0.05) is 182 Å². The van der Waals surface area contributed by atoms with E-state index in [1.807, 2.05) is 74.0 Å². The number of nitrogens with zero attached hydrogens (tertiary/aromatic N) is 2. The summed E-state index contributed by atoms with van der Waals surface area (Å²) in [6.07, 6.45) is -0.519. The number of rotatable bonds is 9. The Morgan fingerprint density at radius 3 is 1.33 bits per heavy atom. The molecule has 0 atom stereocenters. The largest absolute Gasteiger partial charge is 0.324 e. The van der Waals surface area contributed by atoms with Gasteiger partial charge in [-0.15, -0.1) is 0 Å². The second-order valence-electron chi connectivity index (χ2n) is 13.7. The first-order chi connectivity index (χ1) is 26.4. The minimum atomic E-state index is -2.78. The van der Waals surface area contributed by atoms with Gasteiger partial charge in [0.15, 0.2) is 6.17 Å². The normalized spacial score (nSPS) is 13.0. The Kier molecular flexibility index (Phi) is 9.85. The van der Waals surface area contributed by atoms with Gasteiger partial charge in [0, 0.05) is 16.4 Å². The maximum atomic E-state index is 14.2. The third-order valence-electron chi connectivity index (χ3n) is 9.63. The van der Waals surface area contributed by atoms with Crippen molar-refractivity contribution in [2.75, 3.05) is 13.3 Å². The van der Waals surface area contributed by atoms with E-state index in [4.69, 9.17) is 9.98 Å². The lowest BCUT2D eigenvalue weighted by Crippen LogP contribution is -2.36. The highest BCUT2D eigenvalue weighted by atomic mass is 31.2. The number of amidine groups is 2. The highest BCUT2D eigenvalue weighted by Gasteiger charge is 2.25. The Labute approximate surface area is 317 Å². The van der Waals surface area contributed by atoms with Crippen LogP contribution in [0.25, 0.3) is 22.3 Å². The summed E-state index contributed by atoms with van der Waals surface area (Å²) in [6, 6.07) is 66.9. The SMILES string of the molecule is CP(C)(=O)c1cc(C2N=C(c3ccccc3)NC(c3ccccc3)=N2)ccc1-c1cccc(C(=C(c2ccccc2)c2ccccc2)c2ccccc2)c1. The maximum absolute atomic E-state index is 14.2. The molecule has 5 heteroatoms. The summed E-state index contributed by atoms with van der Waals surface area (Å²) in [5.41, 5.74) is 11.5. The van der Waals surface area contributed by atoms with Crippen molar-refractivity contribution in [2.24, 2.45) is 9.98 Å². The van der Waals surface area contributed by atoms with Crippen LogP contribution in [-0.4, -0.2) is 25.0 Å². The average molecular weight is 718 g/mol. The van der Waals surface area contributed by atoms with Crippen molar-refractivity contribution in [3.63, 3.8) is 0 Å². The van der Waals surface area contributed by atoms with Gasteiger partial charge in [-0.3, -0.25) is 0 Å². The molecule has 0 unspecified atom stereocenters. The van der Waals surface area contributed by atoms with E-state index in [0.717, 1.165) is 78.2 Å². The van der Waals surface area contributed by atoms with Crippen molar-refractivity contribution in [3.05, 3.63) is 233 Å². The molecule has 1 N–H and O–H groups in total. The van der Waals surface area contributed by atoms with Crippen molar-refractivity contribution >= 4 is 35.3 Å². The molecule has 0 aliphatic carbocycles. The molecule has 0 fully saturated rings. The summed E-state index contributed by atoms with van der Waals surface area (Å²) in [6.45, 7) is 3.69. The first-order valence-electron chi connectivity index (χ1n) is 18.2. The van der Waals surface area contributed by atoms with Gasteiger partial charge in [0.2, 0.25) is 0 Å². The Bertz CT molecular complexity index is 2440. The first kappa shape index (κ1) is 34.7. The smallest absolute Gasteiger partial charge is 0.169 e. The van der Waals surface area contributed by atoms with Gasteiger partial charge in [-0.25, -0.2) is 9.98 Å². The molecule has 1 aliphatic heterocycles. The van der Waals surface area contributed by atoms with Crippen LogP contribution in [0.4, 0.5) is 0 Å². The number of benzene rings is 7. The molecule has 1 heterocycles. The van der Waals surface area contributed by atoms with E-state index >= 15 is 0 Å². The van der Waals surface area contributed by atoms with Crippen LogP contribution in [0.3, 0.4) is 0 Å². The molecule has 0 spiro atoms. The minimum Gasteiger partial charge on any atom is -0.324 e. The average Bonchev–Trinajstić information content (AvgIpc) is 3.23. The van der Waals surface area contributed by atoms with Crippen molar-refractivity contribution < 1.29 is 4.57 Å². The lowest BCUT2D eigenvalue weighted by Gasteiger charge is -2.24. The Morgan fingerprint density at radius 1 is 0.463 bits per heavy atom. The van der Waals surface area contributed by atoms with E-state index in [0.29, 0.717) is 0 Å². The van der Waals surface area contributed by atoms with Crippen LogP contribution in [0.2, 0.25) is 0 Å². The highest BCUT2D eigenvalue weighted by molar-refractivity contribution is 7.70. The summed E-state index contributed by atoms with van der Waals surface area (Å²) < 4.78 is 14.2. The molecule has 1 aliphatic rings. The second-order valence-corrected chi connectivity index (χ2v) is 16.9. The topological polar surface area (TPSA) is 53.8 Å². The summed E-state index contributed by atoms with van der Waals surface area (Å²) in [5.74, 6) is 1.49. The standard InChI is InChI=1S/C49H40N3OP/c1-54(2,53)44-34-42(49-51-47(38-25-14-6-15-26-38)50-48(52-49)39-27-16-7-17-28-39)31-32-43(44)40-29-18-30-41(33-40)46(37-23-12-5-13-24-37)45(35-19-8-3-9-20-35)36-21-10-4-11-22-36/h3-34,49H,1-2H3,(H,50,51,52). The van der Waals surface area contributed by atoms with Crippen LogP contribution in [0.15, 0.2) is 204 Å². The molecular weight excluding hydrogens is 678 g/mol. The first-order valence-corrected chi connectivity index (χ1v) is 20.8. The van der Waals surface area contributed by atoms with E-state index in [1.54, 1.807) is 0 Å². The number of aliphatic imine (C=N–C) groups is 2. The van der Waals surface area contributed by atoms with E-state index in [1.165, 1.54) is 0 Å². The predicted molar refractivity (Wildman–Crippen MR) is 227 cm³/mol. The number of nitrogens with one attached hydrogen (secondary N) is 1. The van der Waals surface area contributed by atoms with Crippen molar-refractivity contribution in [2.45, 2.75) is 6.17 Å². The molecule has 7 aromatic carbocycles. The van der Waals surface area contributed by atoms with Gasteiger partial charge in [-0.05, 0) is 75.6 Å². The Morgan fingerprint density at radius 2 is 0.870 bits per heavy atom. The fourth-order valence-corrected chi connectivity index (χ4v) is 8.29. The molecular formula is C49H40N3OP. The molecule has 54 heavy (non-hydrogen) atoms. The van der Waals surface area contributed by atoms with Crippen molar-refractivity contribution in [1.82, 2.24) is 5.32 Å². The number of hydrogen-bond donors (Lipinski definition) is 1. The third-order valence-corrected chi connectivity index (χ3v) is 11.2. The van der Waals surface area contributed by atoms with Gasteiger partial charge in [-0.2, -0.15) is 0 Å². The quantitative estimate of drug-likeness (QED) is 0.119. The van der Waals surface area contributed by atoms with Crippen LogP contribution in [0.5, 0.6) is 0 Å². The Hall–Kier alpha value is -6.35. The molecule has 0 saturated carbocycles. The summed E-state index contributed by atoms with van der Waals surface area (Å²) in [4.78, 5) is 10.2. The van der Waals surface area contributed by atoms with Crippen LogP contribution in [0.1, 0.15) is 45.1 Å². The Balaban J connectivity index is 1.28. The van der Waals surface area contributed by atoms with Crippen LogP contribution in [0, 0.1) is 0 Å². The maximum Gasteiger partial charge on any atom is 0.169 e. The molecule has 0 amide bonds. The van der Waals surface area contributed by atoms with Crippen LogP contribution in [-0.2, 0) is 4.57 Å². The molecule has 262 valence electrons. The van der Waals surface area contributed by atoms with Gasteiger partial charge in [0.05, 0.1) is 0 Å². The van der Waals surface area contributed by atoms with Gasteiger partial charge < -0.3 is 9.88 Å². The van der Waals surface area contributed by atoms with Crippen molar-refractivity contribution in [1.29, 1.82) is 0 Å². The second kappa shape index (κ2) is 15.3. The van der Waals surface area contributed by atoms with Gasteiger partial charge in [0.25, 0.3) is 0 Å². The zero-order chi connectivity index (χ0) is 36.9. The lowest BCUT2D eigenvalue weighted by molar-refractivity contribution is 0.588. The molecule has 0 saturated heterocycles. The van der Waals surface area contributed by atoms with Crippen LogP contribution < -0.4 is 10.6 Å². The minimum absolute atomic E-state index is 0.519. The molecule has 8 rings (SSSR count). The molecule has 0 aromatic heterocycles. The zero-order valence-electron chi connectivity index (χ0n) is 30.3. The van der Waals surface area contributed by atoms with E-state index in [-0.39, 0.29) is 0 Å². The van der Waals surface area contributed by atoms with Gasteiger partial charge >= 0.3 is 0 Å². The van der Waals surface area contributed by atoms with E-state index in [2.05, 4.69) is 139 Å². The highest BCUT2D eigenvalue weighted by Crippen LogP contribution is 2.42. The van der Waals surface area contributed by atoms with E-state index in [9.17, 15) is 4.57 Å². The van der Waals surface area contributed by atoms with Crippen molar-refractivity contribution in [3.8, 4) is 11.1 Å². The predicted octanol–water partition coefficient (Wildman–Crippen LogP) is 11.1. The zero-order valence-corrected chi connectivity index (χ0v) is 31.2. The summed E-state index contributed by atoms with van der Waals surface area (Å²) in [5, 5.41) is 4.28. The third kappa shape index (κ3) is 7.43. The van der Waals surface area contributed by atoms with Crippen LogP contribution >= 0.6 is 7.14 Å². The fourth-order valence-electron chi connectivity index (χ4n) is 7.05. The lowest BCUT2D eigenvalue weighted by atomic mass is 9.85.